The van der Waals surface area contributed by atoms with Gasteiger partial charge < -0.3 is 30.4 Å². The molecule has 0 unspecified atom stereocenters. The third-order valence-corrected chi connectivity index (χ3v) is 4.19. The van der Waals surface area contributed by atoms with E-state index in [9.17, 15) is 19.2 Å². The van der Waals surface area contributed by atoms with Crippen LogP contribution in [0, 0.1) is 0 Å². The minimum Gasteiger partial charge on any atom is -0.468 e. The first kappa shape index (κ1) is 23.7. The number of methoxy groups -OCH3 is 1. The Bertz CT molecular complexity index is 947. The molecule has 0 aliphatic carbocycles. The fraction of sp³-hybridized carbons (Fsp3) is 0.429. The Morgan fingerprint density at radius 1 is 1.06 bits per heavy atom. The van der Waals surface area contributed by atoms with Crippen molar-refractivity contribution >= 4 is 34.8 Å². The maximum Gasteiger partial charge on any atom is 0.408 e. The molecule has 1 aromatic carbocycles. The molecule has 10 heteroatoms. The molecule has 1 aromatic heterocycles. The average Bonchev–Trinajstić information content (AvgIpc) is 3.11. The second kappa shape index (κ2) is 10.5. The third kappa shape index (κ3) is 7.65. The Balaban J connectivity index is 2.07. The number of fused-ring (bicyclic) bond motifs is 1. The second-order valence-corrected chi connectivity index (χ2v) is 7.83. The van der Waals surface area contributed by atoms with Crippen LogP contribution in [0.4, 0.5) is 4.79 Å². The van der Waals surface area contributed by atoms with Crippen molar-refractivity contribution in [3.63, 3.8) is 0 Å². The maximum absolute atomic E-state index is 12.7. The van der Waals surface area contributed by atoms with Crippen molar-refractivity contribution in [3.05, 3.63) is 36.0 Å². The first-order valence-corrected chi connectivity index (χ1v) is 9.75. The molecule has 3 amide bonds. The van der Waals surface area contributed by atoms with Crippen molar-refractivity contribution in [2.45, 2.75) is 38.8 Å². The lowest BCUT2D eigenvalue weighted by atomic mass is 10.0. The van der Waals surface area contributed by atoms with Gasteiger partial charge in [-0.3, -0.25) is 14.4 Å². The van der Waals surface area contributed by atoms with Gasteiger partial charge in [0.05, 0.1) is 13.7 Å². The molecule has 0 bridgehead atoms. The van der Waals surface area contributed by atoms with Gasteiger partial charge in [-0.1, -0.05) is 18.2 Å². The molecule has 10 nitrogen and oxygen atoms in total. The van der Waals surface area contributed by atoms with E-state index in [1.54, 1.807) is 27.0 Å². The summed E-state index contributed by atoms with van der Waals surface area (Å²) in [6.07, 6.45) is 1.20. The van der Waals surface area contributed by atoms with Crippen molar-refractivity contribution in [1.29, 1.82) is 0 Å². The SMILES string of the molecule is COC(=O)CNC(=O)CNC(=O)[C@H](Cc1c[nH]c2ccccc12)NC(=O)OC(C)(C)C. The highest BCUT2D eigenvalue weighted by Gasteiger charge is 2.26. The summed E-state index contributed by atoms with van der Waals surface area (Å²) in [6.45, 7) is 4.48. The Morgan fingerprint density at radius 3 is 2.45 bits per heavy atom. The highest BCUT2D eigenvalue weighted by Crippen LogP contribution is 2.19. The summed E-state index contributed by atoms with van der Waals surface area (Å²) in [5.41, 5.74) is 0.984. The highest BCUT2D eigenvalue weighted by atomic mass is 16.6. The Hall–Kier alpha value is -3.56. The van der Waals surface area contributed by atoms with Crippen LogP contribution in [-0.2, 0) is 30.3 Å². The zero-order chi connectivity index (χ0) is 23.0. The minimum absolute atomic E-state index is 0.179. The molecule has 0 spiro atoms. The Morgan fingerprint density at radius 2 is 1.77 bits per heavy atom. The van der Waals surface area contributed by atoms with Crippen LogP contribution < -0.4 is 16.0 Å². The van der Waals surface area contributed by atoms with Crippen LogP contribution in [0.2, 0.25) is 0 Å². The second-order valence-electron chi connectivity index (χ2n) is 7.83. The third-order valence-electron chi connectivity index (χ3n) is 4.19. The largest absolute Gasteiger partial charge is 0.468 e. The smallest absolute Gasteiger partial charge is 0.408 e. The number of para-hydroxylation sites is 1. The number of benzene rings is 1. The molecule has 0 saturated heterocycles. The molecule has 0 fully saturated rings. The Labute approximate surface area is 180 Å². The fourth-order valence-electron chi connectivity index (χ4n) is 2.78. The topological polar surface area (TPSA) is 139 Å². The quantitative estimate of drug-likeness (QED) is 0.459. The predicted octanol–water partition coefficient (Wildman–Crippen LogP) is 1.01. The van der Waals surface area contributed by atoms with E-state index in [1.807, 2.05) is 24.3 Å². The summed E-state index contributed by atoms with van der Waals surface area (Å²) < 4.78 is 9.70. The molecule has 2 aromatic rings. The first-order chi connectivity index (χ1) is 14.6. The van der Waals surface area contributed by atoms with Gasteiger partial charge in [0.1, 0.15) is 18.2 Å². The van der Waals surface area contributed by atoms with Crippen molar-refractivity contribution in [2.75, 3.05) is 20.2 Å². The number of rotatable bonds is 8. The van der Waals surface area contributed by atoms with Crippen molar-refractivity contribution < 1.29 is 28.7 Å². The number of nitrogens with one attached hydrogen (secondary N) is 4. The van der Waals surface area contributed by atoms with E-state index in [2.05, 4.69) is 25.7 Å². The number of alkyl carbamates (subject to hydrolysis) is 1. The number of ether oxygens (including phenoxy) is 2. The molecule has 168 valence electrons. The molecule has 1 atom stereocenters. The van der Waals surface area contributed by atoms with Gasteiger partial charge in [0.2, 0.25) is 11.8 Å². The lowest BCUT2D eigenvalue weighted by Gasteiger charge is -2.23. The summed E-state index contributed by atoms with van der Waals surface area (Å²) in [5, 5.41) is 8.28. The van der Waals surface area contributed by atoms with E-state index in [1.165, 1.54) is 7.11 Å². The van der Waals surface area contributed by atoms with Crippen LogP contribution in [0.5, 0.6) is 0 Å². The number of aromatic nitrogens is 1. The summed E-state index contributed by atoms with van der Waals surface area (Å²) in [7, 11) is 1.20. The molecular formula is C21H28N4O6. The molecule has 1 heterocycles. The molecule has 0 aliphatic heterocycles. The average molecular weight is 432 g/mol. The zero-order valence-electron chi connectivity index (χ0n) is 18.0. The molecule has 4 N–H and O–H groups in total. The molecule has 0 radical (unpaired) electrons. The van der Waals surface area contributed by atoms with Gasteiger partial charge in [-0.15, -0.1) is 0 Å². The summed E-state index contributed by atoms with van der Waals surface area (Å²) >= 11 is 0. The van der Waals surface area contributed by atoms with Gasteiger partial charge in [-0.2, -0.15) is 0 Å². The van der Waals surface area contributed by atoms with Crippen molar-refractivity contribution in [1.82, 2.24) is 20.9 Å². The fourth-order valence-corrected chi connectivity index (χ4v) is 2.78. The monoisotopic (exact) mass is 432 g/mol. The lowest BCUT2D eigenvalue weighted by Crippen LogP contribution is -2.51. The standard InChI is InChI=1S/C21H28N4O6/c1-21(2,3)31-20(29)25-16(9-13-10-22-15-8-6-5-7-14(13)15)19(28)24-11-17(26)23-12-18(27)30-4/h5-8,10,16,22H,9,11-12H2,1-4H3,(H,23,26)(H,24,28)(H,25,29)/t16-/m0/s1. The normalized spacial score (nSPS) is 12.0. The minimum atomic E-state index is -0.984. The van der Waals surface area contributed by atoms with Crippen molar-refractivity contribution in [3.8, 4) is 0 Å². The number of carbonyl (C=O) groups is 4. The van der Waals surface area contributed by atoms with E-state index >= 15 is 0 Å². The summed E-state index contributed by atoms with van der Waals surface area (Å²) in [4.78, 5) is 51.1. The number of aromatic amines is 1. The van der Waals surface area contributed by atoms with Crippen LogP contribution in [-0.4, -0.2) is 60.7 Å². The van der Waals surface area contributed by atoms with Gasteiger partial charge in [-0.25, -0.2) is 4.79 Å². The van der Waals surface area contributed by atoms with Gasteiger partial charge >= 0.3 is 12.1 Å². The number of carbonyl (C=O) groups excluding carboxylic acids is 4. The molecule has 0 aliphatic rings. The van der Waals surface area contributed by atoms with E-state index in [0.717, 1.165) is 16.5 Å². The van der Waals surface area contributed by atoms with Crippen LogP contribution >= 0.6 is 0 Å². The predicted molar refractivity (Wildman–Crippen MR) is 113 cm³/mol. The van der Waals surface area contributed by atoms with E-state index < -0.39 is 35.5 Å². The number of esters is 1. The lowest BCUT2D eigenvalue weighted by molar-refractivity contribution is -0.141. The van der Waals surface area contributed by atoms with Crippen LogP contribution in [0.3, 0.4) is 0 Å². The zero-order valence-corrected chi connectivity index (χ0v) is 18.0. The molecule has 31 heavy (non-hydrogen) atoms. The maximum atomic E-state index is 12.7. The molecule has 0 saturated carbocycles. The van der Waals surface area contributed by atoms with Gasteiger partial charge in [0.25, 0.3) is 0 Å². The molecular weight excluding hydrogens is 404 g/mol. The van der Waals surface area contributed by atoms with Crippen LogP contribution in [0.15, 0.2) is 30.5 Å². The van der Waals surface area contributed by atoms with E-state index in [0.29, 0.717) is 0 Å². The van der Waals surface area contributed by atoms with Gasteiger partial charge in [0.15, 0.2) is 0 Å². The van der Waals surface area contributed by atoms with Crippen molar-refractivity contribution in [2.24, 2.45) is 0 Å². The van der Waals surface area contributed by atoms with Gasteiger partial charge in [-0.05, 0) is 32.4 Å². The number of amides is 3. The number of hydrogen-bond acceptors (Lipinski definition) is 6. The summed E-state index contributed by atoms with van der Waals surface area (Å²) in [5.74, 6) is -1.74. The Kier molecular flexibility index (Phi) is 8.00. The molecule has 2 rings (SSSR count). The van der Waals surface area contributed by atoms with Crippen LogP contribution in [0.25, 0.3) is 10.9 Å². The summed E-state index contributed by atoms with van der Waals surface area (Å²) in [6, 6.07) is 6.59. The van der Waals surface area contributed by atoms with E-state index in [4.69, 9.17) is 4.74 Å². The van der Waals surface area contributed by atoms with Gasteiger partial charge in [0, 0.05) is 23.5 Å². The first-order valence-electron chi connectivity index (χ1n) is 9.75. The van der Waals surface area contributed by atoms with Crippen LogP contribution in [0.1, 0.15) is 26.3 Å². The van der Waals surface area contributed by atoms with E-state index in [-0.39, 0.29) is 19.5 Å². The number of hydrogen-bond donors (Lipinski definition) is 4. The highest BCUT2D eigenvalue weighted by molar-refractivity contribution is 5.91. The number of H-pyrrole nitrogens is 1.